The van der Waals surface area contributed by atoms with Crippen molar-refractivity contribution in [3.8, 4) is 0 Å². The van der Waals surface area contributed by atoms with Crippen molar-refractivity contribution in [1.82, 2.24) is 9.78 Å². The predicted molar refractivity (Wildman–Crippen MR) is 66.5 cm³/mol. The van der Waals surface area contributed by atoms with Crippen molar-refractivity contribution >= 4 is 11.8 Å². The zero-order valence-corrected chi connectivity index (χ0v) is 10.4. The largest absolute Gasteiger partial charge is 0.330 e. The molecule has 1 aromatic carbocycles. The van der Waals surface area contributed by atoms with E-state index in [-0.39, 0.29) is 5.82 Å². The molecule has 3 nitrogen and oxygen atoms in total. The number of rotatable bonds is 4. The van der Waals surface area contributed by atoms with Gasteiger partial charge in [-0.25, -0.2) is 4.39 Å². The highest BCUT2D eigenvalue weighted by molar-refractivity contribution is 7.99. The van der Waals surface area contributed by atoms with E-state index < -0.39 is 0 Å². The van der Waals surface area contributed by atoms with Gasteiger partial charge in [0.25, 0.3) is 0 Å². The van der Waals surface area contributed by atoms with E-state index in [9.17, 15) is 4.39 Å². The Labute approximate surface area is 104 Å². The summed E-state index contributed by atoms with van der Waals surface area (Å²) in [6.45, 7) is 0.446. The van der Waals surface area contributed by atoms with Crippen LogP contribution < -0.4 is 5.73 Å². The molecule has 0 aliphatic heterocycles. The van der Waals surface area contributed by atoms with Crippen LogP contribution in [0.3, 0.4) is 0 Å². The lowest BCUT2D eigenvalue weighted by atomic mass is 10.1. The Kier molecular flexibility index (Phi) is 3.81. The van der Waals surface area contributed by atoms with Gasteiger partial charge in [-0.3, -0.25) is 4.68 Å². The molecule has 17 heavy (non-hydrogen) atoms. The summed E-state index contributed by atoms with van der Waals surface area (Å²) in [4.78, 5) is 1.90. The number of nitrogens with two attached hydrogens (primary N) is 1. The van der Waals surface area contributed by atoms with Crippen molar-refractivity contribution in [3.05, 3.63) is 42.0 Å². The van der Waals surface area contributed by atoms with Gasteiger partial charge in [0.1, 0.15) is 5.82 Å². The number of halogens is 1. The minimum absolute atomic E-state index is 0.190. The van der Waals surface area contributed by atoms with Gasteiger partial charge in [-0.2, -0.15) is 5.10 Å². The number of benzene rings is 1. The van der Waals surface area contributed by atoms with Gasteiger partial charge in [0.2, 0.25) is 0 Å². The number of hydrogen-bond donors (Lipinski definition) is 1. The summed E-state index contributed by atoms with van der Waals surface area (Å²) < 4.78 is 15.4. The summed E-state index contributed by atoms with van der Waals surface area (Å²) in [5.41, 5.74) is 6.19. The number of aryl methyl sites for hydroxylation is 1. The van der Waals surface area contributed by atoms with E-state index in [1.807, 2.05) is 19.3 Å². The highest BCUT2D eigenvalue weighted by Gasteiger charge is 2.09. The van der Waals surface area contributed by atoms with E-state index in [1.54, 1.807) is 16.9 Å². The highest BCUT2D eigenvalue weighted by Crippen LogP contribution is 2.31. The molecule has 0 aliphatic rings. The van der Waals surface area contributed by atoms with Crippen LogP contribution in [0, 0.1) is 5.82 Å². The van der Waals surface area contributed by atoms with Crippen LogP contribution in [-0.2, 0) is 13.5 Å². The van der Waals surface area contributed by atoms with Gasteiger partial charge in [-0.1, -0.05) is 17.8 Å². The molecular weight excluding hydrogens is 237 g/mol. The van der Waals surface area contributed by atoms with Gasteiger partial charge in [-0.15, -0.1) is 0 Å². The van der Waals surface area contributed by atoms with Gasteiger partial charge in [0.05, 0.1) is 11.1 Å². The minimum atomic E-state index is -0.190. The fourth-order valence-corrected chi connectivity index (χ4v) is 2.63. The Hall–Kier alpha value is -1.33. The van der Waals surface area contributed by atoms with Gasteiger partial charge in [0.15, 0.2) is 0 Å². The molecule has 0 unspecified atom stereocenters. The average molecular weight is 251 g/mol. The molecule has 0 radical (unpaired) electrons. The van der Waals surface area contributed by atoms with E-state index in [0.717, 1.165) is 9.79 Å². The normalized spacial score (nSPS) is 10.8. The Morgan fingerprint density at radius 1 is 1.47 bits per heavy atom. The quantitative estimate of drug-likeness (QED) is 0.906. The molecule has 2 rings (SSSR count). The van der Waals surface area contributed by atoms with Gasteiger partial charge >= 0.3 is 0 Å². The van der Waals surface area contributed by atoms with Crippen molar-refractivity contribution in [2.45, 2.75) is 16.2 Å². The van der Waals surface area contributed by atoms with Crippen LogP contribution in [0.2, 0.25) is 0 Å². The van der Waals surface area contributed by atoms with Crippen LogP contribution in [0.5, 0.6) is 0 Å². The van der Waals surface area contributed by atoms with Crippen molar-refractivity contribution in [2.24, 2.45) is 12.8 Å². The summed E-state index contributed by atoms with van der Waals surface area (Å²) in [5, 5.41) is 4.09. The highest BCUT2D eigenvalue weighted by atomic mass is 32.2. The Balaban J connectivity index is 2.28. The lowest BCUT2D eigenvalue weighted by Crippen LogP contribution is -2.05. The van der Waals surface area contributed by atoms with Crippen molar-refractivity contribution < 1.29 is 4.39 Å². The Morgan fingerprint density at radius 2 is 2.29 bits per heavy atom. The smallest absolute Gasteiger partial charge is 0.127 e. The maximum Gasteiger partial charge on any atom is 0.127 e. The first kappa shape index (κ1) is 12.1. The standard InChI is InChI=1S/C12H14FN3S/c1-16-8-9(7-15-16)17-12-4-2-3-11(13)10(12)5-6-14/h2-4,7-8H,5-6,14H2,1H3. The predicted octanol–water partition coefficient (Wildman–Crippen LogP) is 2.21. The SMILES string of the molecule is Cn1cc(Sc2cccc(F)c2CCN)cn1. The number of hydrogen-bond acceptors (Lipinski definition) is 3. The molecule has 1 aromatic heterocycles. The van der Waals surface area contributed by atoms with Crippen LogP contribution in [0.25, 0.3) is 0 Å². The molecule has 1 heterocycles. The molecule has 0 fully saturated rings. The van der Waals surface area contributed by atoms with E-state index >= 15 is 0 Å². The third-order valence-electron chi connectivity index (χ3n) is 2.38. The molecule has 0 aliphatic carbocycles. The molecule has 0 spiro atoms. The number of nitrogens with zero attached hydrogens (tertiary/aromatic N) is 2. The Morgan fingerprint density at radius 3 is 2.94 bits per heavy atom. The van der Waals surface area contributed by atoms with Crippen LogP contribution in [0.15, 0.2) is 40.4 Å². The molecule has 0 bridgehead atoms. The fraction of sp³-hybridized carbons (Fsp3) is 0.250. The first-order chi connectivity index (χ1) is 8.20. The van der Waals surface area contributed by atoms with E-state index in [2.05, 4.69) is 5.10 Å². The van der Waals surface area contributed by atoms with Gasteiger partial charge in [-0.05, 0) is 25.1 Å². The maximum atomic E-state index is 13.7. The zero-order chi connectivity index (χ0) is 12.3. The van der Waals surface area contributed by atoms with Crippen molar-refractivity contribution in [1.29, 1.82) is 0 Å². The molecule has 2 aromatic rings. The van der Waals surface area contributed by atoms with Crippen LogP contribution >= 0.6 is 11.8 Å². The Bertz CT molecular complexity index is 510. The first-order valence-electron chi connectivity index (χ1n) is 5.34. The molecule has 0 atom stereocenters. The minimum Gasteiger partial charge on any atom is -0.330 e. The monoisotopic (exact) mass is 251 g/mol. The summed E-state index contributed by atoms with van der Waals surface area (Å²) in [6, 6.07) is 5.10. The van der Waals surface area contributed by atoms with Gasteiger partial charge < -0.3 is 5.73 Å². The van der Waals surface area contributed by atoms with E-state index in [4.69, 9.17) is 5.73 Å². The molecule has 0 saturated carbocycles. The molecule has 90 valence electrons. The molecular formula is C12H14FN3S. The van der Waals surface area contributed by atoms with E-state index in [1.165, 1.54) is 17.8 Å². The lowest BCUT2D eigenvalue weighted by Gasteiger charge is -2.07. The molecule has 2 N–H and O–H groups in total. The molecule has 0 amide bonds. The van der Waals surface area contributed by atoms with Gasteiger partial charge in [0, 0.05) is 23.7 Å². The second-order valence-corrected chi connectivity index (χ2v) is 4.82. The summed E-state index contributed by atoms with van der Waals surface area (Å²) in [6.07, 6.45) is 4.22. The van der Waals surface area contributed by atoms with Crippen LogP contribution in [0.4, 0.5) is 4.39 Å². The molecule has 5 heteroatoms. The maximum absolute atomic E-state index is 13.7. The van der Waals surface area contributed by atoms with E-state index in [0.29, 0.717) is 18.5 Å². The second-order valence-electron chi connectivity index (χ2n) is 3.71. The third-order valence-corrected chi connectivity index (χ3v) is 3.43. The molecule has 0 saturated heterocycles. The second kappa shape index (κ2) is 5.33. The fourth-order valence-electron chi connectivity index (χ4n) is 1.60. The lowest BCUT2D eigenvalue weighted by molar-refractivity contribution is 0.603. The van der Waals surface area contributed by atoms with Crippen molar-refractivity contribution in [3.63, 3.8) is 0 Å². The van der Waals surface area contributed by atoms with Crippen LogP contribution in [-0.4, -0.2) is 16.3 Å². The first-order valence-corrected chi connectivity index (χ1v) is 6.16. The van der Waals surface area contributed by atoms with Crippen molar-refractivity contribution in [2.75, 3.05) is 6.54 Å². The number of aromatic nitrogens is 2. The van der Waals surface area contributed by atoms with Crippen LogP contribution in [0.1, 0.15) is 5.56 Å². The topological polar surface area (TPSA) is 43.8 Å². The average Bonchev–Trinajstić information content (AvgIpc) is 2.69. The summed E-state index contributed by atoms with van der Waals surface area (Å²) in [7, 11) is 1.86. The summed E-state index contributed by atoms with van der Waals surface area (Å²) in [5.74, 6) is -0.190. The summed E-state index contributed by atoms with van der Waals surface area (Å²) >= 11 is 1.51. The zero-order valence-electron chi connectivity index (χ0n) is 9.56. The third kappa shape index (κ3) is 2.87.